The first-order chi connectivity index (χ1) is 11.7. The molecule has 2 heterocycles. The summed E-state index contributed by atoms with van der Waals surface area (Å²) in [6.07, 6.45) is 8.64. The van der Waals surface area contributed by atoms with Crippen LogP contribution in [0.4, 0.5) is 10.6 Å². The highest BCUT2D eigenvalue weighted by molar-refractivity contribution is 5.73. The van der Waals surface area contributed by atoms with Crippen molar-refractivity contribution in [2.75, 3.05) is 24.5 Å². The first-order valence-electron chi connectivity index (χ1n) is 9.12. The van der Waals surface area contributed by atoms with Crippen LogP contribution < -0.4 is 15.5 Å². The number of aliphatic hydroxyl groups is 1. The Morgan fingerprint density at radius 1 is 1.21 bits per heavy atom. The average Bonchev–Trinajstić information content (AvgIpc) is 3.45. The number of nitrogens with zero attached hydrogens (tertiary/aromatic N) is 2. The van der Waals surface area contributed by atoms with E-state index in [1.54, 1.807) is 0 Å². The minimum atomic E-state index is -0.412. The van der Waals surface area contributed by atoms with Gasteiger partial charge in [0, 0.05) is 32.4 Å². The highest BCUT2D eigenvalue weighted by atomic mass is 16.3. The third kappa shape index (κ3) is 5.09. The zero-order chi connectivity index (χ0) is 16.8. The Bertz CT molecular complexity index is 522. The van der Waals surface area contributed by atoms with E-state index in [1.165, 1.54) is 25.7 Å². The van der Waals surface area contributed by atoms with Crippen LogP contribution in [0.2, 0.25) is 0 Å². The first-order valence-corrected chi connectivity index (χ1v) is 9.12. The number of aromatic nitrogens is 1. The molecule has 1 aliphatic carbocycles. The second-order valence-corrected chi connectivity index (χ2v) is 6.89. The van der Waals surface area contributed by atoms with Crippen molar-refractivity contribution in [3.05, 3.63) is 23.9 Å². The summed E-state index contributed by atoms with van der Waals surface area (Å²) in [4.78, 5) is 18.6. The SMILES string of the molecule is O=C(NCc1ccc(N2CCCCCC2)nc1)NC[C@H](O)C1CC1. The molecule has 2 amide bonds. The van der Waals surface area contributed by atoms with Crippen molar-refractivity contribution in [3.63, 3.8) is 0 Å². The molecule has 6 nitrogen and oxygen atoms in total. The number of rotatable bonds is 6. The monoisotopic (exact) mass is 332 g/mol. The molecule has 6 heteroatoms. The number of amides is 2. The lowest BCUT2D eigenvalue weighted by Gasteiger charge is -2.21. The molecule has 1 aromatic rings. The van der Waals surface area contributed by atoms with Gasteiger partial charge in [-0.3, -0.25) is 0 Å². The molecular formula is C18H28N4O2. The second kappa shape index (κ2) is 8.33. The fourth-order valence-electron chi connectivity index (χ4n) is 3.10. The summed E-state index contributed by atoms with van der Waals surface area (Å²) < 4.78 is 0. The van der Waals surface area contributed by atoms with E-state index in [2.05, 4.69) is 20.5 Å². The molecule has 1 aromatic heterocycles. The molecule has 1 saturated carbocycles. The molecule has 2 fully saturated rings. The standard InChI is InChI=1S/C18H28N4O2/c23-16(15-6-7-15)13-21-18(24)20-12-14-5-8-17(19-11-14)22-9-3-1-2-4-10-22/h5,8,11,15-16,23H,1-4,6-7,9-10,12-13H2,(H2,20,21,24)/t16-/m0/s1. The summed E-state index contributed by atoms with van der Waals surface area (Å²) in [5.74, 6) is 1.40. The zero-order valence-corrected chi connectivity index (χ0v) is 14.2. The van der Waals surface area contributed by atoms with Gasteiger partial charge in [0.2, 0.25) is 0 Å². The zero-order valence-electron chi connectivity index (χ0n) is 14.2. The maximum atomic E-state index is 11.8. The summed E-state index contributed by atoms with van der Waals surface area (Å²) in [5.41, 5.74) is 0.978. The van der Waals surface area contributed by atoms with E-state index in [4.69, 9.17) is 0 Å². The number of hydrogen-bond donors (Lipinski definition) is 3. The van der Waals surface area contributed by atoms with Gasteiger partial charge in [-0.1, -0.05) is 18.9 Å². The van der Waals surface area contributed by atoms with Crippen molar-refractivity contribution in [3.8, 4) is 0 Å². The summed E-state index contributed by atoms with van der Waals surface area (Å²) in [7, 11) is 0. The van der Waals surface area contributed by atoms with Gasteiger partial charge in [0.05, 0.1) is 6.10 Å². The number of nitrogens with one attached hydrogen (secondary N) is 2. The largest absolute Gasteiger partial charge is 0.391 e. The molecule has 2 aliphatic rings. The van der Waals surface area contributed by atoms with Crippen LogP contribution in [0.3, 0.4) is 0 Å². The van der Waals surface area contributed by atoms with E-state index in [0.717, 1.165) is 37.3 Å². The molecule has 132 valence electrons. The molecule has 0 bridgehead atoms. The molecule has 0 spiro atoms. The van der Waals surface area contributed by atoms with Crippen LogP contribution >= 0.6 is 0 Å². The number of hydrogen-bond acceptors (Lipinski definition) is 4. The topological polar surface area (TPSA) is 77.5 Å². The number of carbonyl (C=O) groups excluding carboxylic acids is 1. The smallest absolute Gasteiger partial charge is 0.315 e. The predicted molar refractivity (Wildman–Crippen MR) is 93.9 cm³/mol. The first kappa shape index (κ1) is 17.0. The van der Waals surface area contributed by atoms with E-state index >= 15 is 0 Å². The Kier molecular flexibility index (Phi) is 5.91. The van der Waals surface area contributed by atoms with Crippen LogP contribution in [0, 0.1) is 5.92 Å². The lowest BCUT2D eigenvalue weighted by Crippen LogP contribution is -2.40. The van der Waals surface area contributed by atoms with E-state index in [0.29, 0.717) is 19.0 Å². The number of pyridine rings is 1. The van der Waals surface area contributed by atoms with Crippen molar-refractivity contribution in [2.45, 2.75) is 51.2 Å². The van der Waals surface area contributed by atoms with Crippen LogP contribution in [0.5, 0.6) is 0 Å². The maximum absolute atomic E-state index is 11.8. The van der Waals surface area contributed by atoms with E-state index in [9.17, 15) is 9.90 Å². The quantitative estimate of drug-likeness (QED) is 0.745. The summed E-state index contributed by atoms with van der Waals surface area (Å²) in [6, 6.07) is 3.81. The highest BCUT2D eigenvalue weighted by Gasteiger charge is 2.29. The number of aliphatic hydroxyl groups excluding tert-OH is 1. The molecule has 24 heavy (non-hydrogen) atoms. The maximum Gasteiger partial charge on any atom is 0.315 e. The second-order valence-electron chi connectivity index (χ2n) is 6.89. The Morgan fingerprint density at radius 3 is 2.58 bits per heavy atom. The average molecular weight is 332 g/mol. The molecule has 1 saturated heterocycles. The number of carbonyl (C=O) groups is 1. The van der Waals surface area contributed by atoms with Gasteiger partial charge in [0.25, 0.3) is 0 Å². The van der Waals surface area contributed by atoms with Crippen LogP contribution in [0.1, 0.15) is 44.1 Å². The van der Waals surface area contributed by atoms with Gasteiger partial charge in [0.15, 0.2) is 0 Å². The summed E-state index contributed by atoms with van der Waals surface area (Å²) in [5, 5.41) is 15.3. The van der Waals surface area contributed by atoms with E-state index in [1.807, 2.05) is 18.3 Å². The van der Waals surface area contributed by atoms with Gasteiger partial charge >= 0.3 is 6.03 Å². The Balaban J connectivity index is 1.41. The van der Waals surface area contributed by atoms with Gasteiger partial charge < -0.3 is 20.6 Å². The third-order valence-electron chi connectivity index (χ3n) is 4.83. The Labute approximate surface area is 143 Å². The molecule has 0 aromatic carbocycles. The Morgan fingerprint density at radius 2 is 1.96 bits per heavy atom. The lowest BCUT2D eigenvalue weighted by molar-refractivity contribution is 0.149. The molecule has 1 atom stereocenters. The van der Waals surface area contributed by atoms with Crippen LogP contribution in [0.25, 0.3) is 0 Å². The Hall–Kier alpha value is -1.82. The van der Waals surface area contributed by atoms with E-state index in [-0.39, 0.29) is 6.03 Å². The normalized spacial score (nSPS) is 19.5. The number of urea groups is 1. The van der Waals surface area contributed by atoms with Crippen LogP contribution in [-0.4, -0.2) is 41.9 Å². The van der Waals surface area contributed by atoms with Crippen LogP contribution in [0.15, 0.2) is 18.3 Å². The molecule has 3 N–H and O–H groups in total. The van der Waals surface area contributed by atoms with Crippen molar-refractivity contribution in [2.24, 2.45) is 5.92 Å². The summed E-state index contributed by atoms with van der Waals surface area (Å²) >= 11 is 0. The predicted octanol–water partition coefficient (Wildman–Crippen LogP) is 2.03. The molecule has 3 rings (SSSR count). The van der Waals surface area contributed by atoms with Crippen molar-refractivity contribution in [1.29, 1.82) is 0 Å². The highest BCUT2D eigenvalue weighted by Crippen LogP contribution is 2.32. The molecule has 0 radical (unpaired) electrons. The van der Waals surface area contributed by atoms with E-state index < -0.39 is 6.10 Å². The molecular weight excluding hydrogens is 304 g/mol. The molecule has 0 unspecified atom stereocenters. The van der Waals surface area contributed by atoms with Crippen LogP contribution in [-0.2, 0) is 6.54 Å². The van der Waals surface area contributed by atoms with Gasteiger partial charge in [-0.05, 0) is 43.2 Å². The van der Waals surface area contributed by atoms with Gasteiger partial charge in [-0.15, -0.1) is 0 Å². The van der Waals surface area contributed by atoms with Gasteiger partial charge in [-0.25, -0.2) is 9.78 Å². The number of anilines is 1. The van der Waals surface area contributed by atoms with Gasteiger partial charge in [-0.2, -0.15) is 0 Å². The fraction of sp³-hybridized carbons (Fsp3) is 0.667. The van der Waals surface area contributed by atoms with Gasteiger partial charge in [0.1, 0.15) is 5.82 Å². The minimum absolute atomic E-state index is 0.244. The fourth-order valence-corrected chi connectivity index (χ4v) is 3.10. The van der Waals surface area contributed by atoms with Crippen molar-refractivity contribution in [1.82, 2.24) is 15.6 Å². The lowest BCUT2D eigenvalue weighted by atomic mass is 10.2. The molecule has 1 aliphatic heterocycles. The summed E-state index contributed by atoms with van der Waals surface area (Å²) in [6.45, 7) is 2.92. The third-order valence-corrected chi connectivity index (χ3v) is 4.83. The van der Waals surface area contributed by atoms with Crippen molar-refractivity contribution >= 4 is 11.8 Å². The van der Waals surface area contributed by atoms with Crippen molar-refractivity contribution < 1.29 is 9.90 Å². The minimum Gasteiger partial charge on any atom is -0.391 e.